The maximum Gasteiger partial charge on any atom is 0.319 e. The van der Waals surface area contributed by atoms with Gasteiger partial charge in [-0.25, -0.2) is 4.79 Å². The molecule has 0 unspecified atom stereocenters. The number of benzene rings is 2. The summed E-state index contributed by atoms with van der Waals surface area (Å²) in [7, 11) is 0. The molecular weight excluding hydrogens is 410 g/mol. The Balaban J connectivity index is 1.65. The first-order chi connectivity index (χ1) is 15.0. The number of carbonyl (C=O) groups is 2. The van der Waals surface area contributed by atoms with Gasteiger partial charge in [-0.15, -0.1) is 10.2 Å². The number of amides is 3. The second-order valence-electron chi connectivity index (χ2n) is 7.28. The van der Waals surface area contributed by atoms with E-state index in [1.165, 1.54) is 16.9 Å². The minimum Gasteiger partial charge on any atom is -0.326 e. The molecule has 0 radical (unpaired) electrons. The van der Waals surface area contributed by atoms with E-state index in [2.05, 4.69) is 33.1 Å². The fourth-order valence-electron chi connectivity index (χ4n) is 2.99. The van der Waals surface area contributed by atoms with Gasteiger partial charge in [0.25, 0.3) is 0 Å². The summed E-state index contributed by atoms with van der Waals surface area (Å²) in [5.74, 6) is -0.378. The van der Waals surface area contributed by atoms with Gasteiger partial charge in [-0.3, -0.25) is 10.1 Å². The molecule has 0 fully saturated rings. The van der Waals surface area contributed by atoms with Gasteiger partial charge in [0.2, 0.25) is 11.0 Å². The number of rotatable bonds is 8. The van der Waals surface area contributed by atoms with Crippen LogP contribution in [-0.4, -0.2) is 28.2 Å². The summed E-state index contributed by atoms with van der Waals surface area (Å²) in [5.41, 5.74) is 2.80. The van der Waals surface area contributed by atoms with E-state index < -0.39 is 12.1 Å². The molecule has 0 aliphatic carbocycles. The van der Waals surface area contributed by atoms with Crippen molar-refractivity contribution < 1.29 is 9.59 Å². The van der Waals surface area contributed by atoms with E-state index >= 15 is 0 Å². The summed E-state index contributed by atoms with van der Waals surface area (Å²) < 4.78 is 0. The highest BCUT2D eigenvalue weighted by Crippen LogP contribution is 2.26. The summed E-state index contributed by atoms with van der Waals surface area (Å²) in [4.78, 5) is 25.4. The minimum atomic E-state index is -0.705. The average Bonchev–Trinajstić information content (AvgIpc) is 3.26. The van der Waals surface area contributed by atoms with Crippen LogP contribution in [0.2, 0.25) is 0 Å². The molecule has 3 rings (SSSR count). The summed E-state index contributed by atoms with van der Waals surface area (Å²) in [6, 6.07) is 16.2. The topological polar surface area (TPSA) is 96.0 Å². The first-order valence-corrected chi connectivity index (χ1v) is 11.2. The quantitative estimate of drug-likeness (QED) is 0.465. The van der Waals surface area contributed by atoms with E-state index in [1.54, 1.807) is 0 Å². The number of aromatic nitrogens is 2. The van der Waals surface area contributed by atoms with Gasteiger partial charge in [-0.2, -0.15) is 0 Å². The Kier molecular flexibility index (Phi) is 7.72. The van der Waals surface area contributed by atoms with Crippen molar-refractivity contribution in [2.24, 2.45) is 5.92 Å². The van der Waals surface area contributed by atoms with Crippen molar-refractivity contribution in [1.82, 2.24) is 15.5 Å². The molecule has 2 aromatic carbocycles. The van der Waals surface area contributed by atoms with Gasteiger partial charge >= 0.3 is 6.03 Å². The van der Waals surface area contributed by atoms with Gasteiger partial charge in [0.05, 0.1) is 0 Å². The fourth-order valence-corrected chi connectivity index (χ4v) is 3.74. The molecule has 8 heteroatoms. The first-order valence-electron chi connectivity index (χ1n) is 10.4. The van der Waals surface area contributed by atoms with Crippen molar-refractivity contribution in [3.63, 3.8) is 0 Å². The molecule has 3 amide bonds. The van der Waals surface area contributed by atoms with Crippen molar-refractivity contribution in [2.75, 3.05) is 10.6 Å². The smallest absolute Gasteiger partial charge is 0.319 e. The number of hydrogen-bond donors (Lipinski definition) is 3. The second kappa shape index (κ2) is 10.7. The van der Waals surface area contributed by atoms with Gasteiger partial charge in [-0.1, -0.05) is 81.0 Å². The highest BCUT2D eigenvalue weighted by molar-refractivity contribution is 7.18. The number of carbonyl (C=O) groups excluding carboxylic acids is 2. The SMILES string of the molecule is CCc1ccc(NC(=O)N[C@H](C(=O)Nc2nnc(-c3ccccc3)s2)[C@H](C)CC)cc1. The van der Waals surface area contributed by atoms with Crippen LogP contribution in [0.5, 0.6) is 0 Å². The largest absolute Gasteiger partial charge is 0.326 e. The highest BCUT2D eigenvalue weighted by atomic mass is 32.1. The monoisotopic (exact) mass is 437 g/mol. The zero-order valence-electron chi connectivity index (χ0n) is 17.9. The number of nitrogens with zero attached hydrogens (tertiary/aromatic N) is 2. The molecule has 0 bridgehead atoms. The minimum absolute atomic E-state index is 0.0604. The van der Waals surface area contributed by atoms with Crippen molar-refractivity contribution in [3.05, 3.63) is 60.2 Å². The second-order valence-corrected chi connectivity index (χ2v) is 8.26. The van der Waals surface area contributed by atoms with Crippen LogP contribution in [0.1, 0.15) is 32.8 Å². The van der Waals surface area contributed by atoms with Crippen LogP contribution < -0.4 is 16.0 Å². The third kappa shape index (κ3) is 6.11. The fraction of sp³-hybridized carbons (Fsp3) is 0.304. The lowest BCUT2D eigenvalue weighted by atomic mass is 9.98. The summed E-state index contributed by atoms with van der Waals surface area (Å²) in [6.07, 6.45) is 1.66. The Hall–Kier alpha value is -3.26. The van der Waals surface area contributed by atoms with Gasteiger partial charge in [0.1, 0.15) is 11.0 Å². The zero-order valence-corrected chi connectivity index (χ0v) is 18.7. The van der Waals surface area contributed by atoms with Crippen LogP contribution in [0.15, 0.2) is 54.6 Å². The Morgan fingerprint density at radius 2 is 1.68 bits per heavy atom. The molecule has 0 aliphatic rings. The van der Waals surface area contributed by atoms with Crippen LogP contribution in [0, 0.1) is 5.92 Å². The number of aryl methyl sites for hydroxylation is 1. The number of anilines is 2. The van der Waals surface area contributed by atoms with Crippen LogP contribution in [0.25, 0.3) is 10.6 Å². The summed E-state index contributed by atoms with van der Waals surface area (Å²) in [5, 5.41) is 17.7. The number of hydrogen-bond acceptors (Lipinski definition) is 5. The Morgan fingerprint density at radius 1 is 0.968 bits per heavy atom. The molecule has 0 saturated carbocycles. The van der Waals surface area contributed by atoms with Gasteiger partial charge < -0.3 is 10.6 Å². The van der Waals surface area contributed by atoms with Gasteiger partial charge in [-0.05, 0) is 30.0 Å². The van der Waals surface area contributed by atoms with Crippen molar-refractivity contribution >= 4 is 34.1 Å². The van der Waals surface area contributed by atoms with Crippen LogP contribution in [0.3, 0.4) is 0 Å². The van der Waals surface area contributed by atoms with E-state index in [-0.39, 0.29) is 11.8 Å². The third-order valence-electron chi connectivity index (χ3n) is 5.08. The number of urea groups is 1. The molecule has 1 heterocycles. The molecule has 1 aromatic heterocycles. The van der Waals surface area contributed by atoms with E-state index in [4.69, 9.17) is 0 Å². The molecule has 7 nitrogen and oxygen atoms in total. The van der Waals surface area contributed by atoms with Crippen molar-refractivity contribution in [1.29, 1.82) is 0 Å². The molecular formula is C23H27N5O2S. The lowest BCUT2D eigenvalue weighted by Gasteiger charge is -2.23. The van der Waals surface area contributed by atoms with E-state index in [1.807, 2.05) is 68.4 Å². The first kappa shape index (κ1) is 22.4. The van der Waals surface area contributed by atoms with E-state index in [0.717, 1.165) is 23.4 Å². The summed E-state index contributed by atoms with van der Waals surface area (Å²) in [6.45, 7) is 5.98. The molecule has 3 N–H and O–H groups in total. The normalized spacial score (nSPS) is 12.6. The van der Waals surface area contributed by atoms with Crippen LogP contribution in [-0.2, 0) is 11.2 Å². The molecule has 0 spiro atoms. The molecule has 0 saturated heterocycles. The standard InChI is InChI=1S/C23H27N5O2S/c1-4-15(3)19(25-22(30)24-18-13-11-16(5-2)12-14-18)20(29)26-23-28-27-21(31-23)17-9-7-6-8-10-17/h6-15,19H,4-5H2,1-3H3,(H2,24,25,30)(H,26,28,29)/t15-,19+/m1/s1. The Bertz CT molecular complexity index is 1000. The highest BCUT2D eigenvalue weighted by Gasteiger charge is 2.27. The van der Waals surface area contributed by atoms with Crippen molar-refractivity contribution in [2.45, 2.75) is 39.7 Å². The van der Waals surface area contributed by atoms with Gasteiger partial charge in [0.15, 0.2) is 0 Å². The molecule has 162 valence electrons. The lowest BCUT2D eigenvalue weighted by Crippen LogP contribution is -2.49. The Labute approximate surface area is 186 Å². The summed E-state index contributed by atoms with van der Waals surface area (Å²) >= 11 is 1.29. The van der Waals surface area contributed by atoms with Gasteiger partial charge in [0, 0.05) is 11.3 Å². The predicted octanol–water partition coefficient (Wildman–Crippen LogP) is 4.94. The molecule has 31 heavy (non-hydrogen) atoms. The molecule has 2 atom stereocenters. The maximum absolute atomic E-state index is 12.9. The average molecular weight is 438 g/mol. The zero-order chi connectivity index (χ0) is 22.2. The van der Waals surface area contributed by atoms with Crippen LogP contribution in [0.4, 0.5) is 15.6 Å². The number of nitrogens with one attached hydrogen (secondary N) is 3. The Morgan fingerprint density at radius 3 is 2.32 bits per heavy atom. The molecule has 3 aromatic rings. The third-order valence-corrected chi connectivity index (χ3v) is 5.97. The maximum atomic E-state index is 12.9. The molecule has 0 aliphatic heterocycles. The van der Waals surface area contributed by atoms with Crippen molar-refractivity contribution in [3.8, 4) is 10.6 Å². The van der Waals surface area contributed by atoms with Crippen LogP contribution >= 0.6 is 11.3 Å². The van der Waals surface area contributed by atoms with E-state index in [9.17, 15) is 9.59 Å². The van der Waals surface area contributed by atoms with E-state index in [0.29, 0.717) is 10.8 Å². The lowest BCUT2D eigenvalue weighted by molar-refractivity contribution is -0.119. The predicted molar refractivity (Wildman–Crippen MR) is 125 cm³/mol.